The smallest absolute Gasteiger partial charge is 0.216 e. The molecule has 0 unspecified atom stereocenters. The molecule has 4 N–H and O–H groups in total. The van der Waals surface area contributed by atoms with E-state index in [0.717, 1.165) is 24.4 Å². The number of nitrogen functional groups attached to an aromatic ring is 1. The average Bonchev–Trinajstić information content (AvgIpc) is 2.51. The van der Waals surface area contributed by atoms with Crippen molar-refractivity contribution in [1.82, 2.24) is 15.1 Å². The van der Waals surface area contributed by atoms with E-state index >= 15 is 0 Å². The molecule has 0 bridgehead atoms. The Labute approximate surface area is 102 Å². The summed E-state index contributed by atoms with van der Waals surface area (Å²) < 4.78 is 1.74. The third-order valence-electron chi connectivity index (χ3n) is 2.44. The second-order valence-electron chi connectivity index (χ2n) is 3.99. The van der Waals surface area contributed by atoms with E-state index in [-0.39, 0.29) is 5.91 Å². The number of aryl methyl sites for hydroxylation is 2. The molecule has 0 spiro atoms. The van der Waals surface area contributed by atoms with Crippen LogP contribution in [0.5, 0.6) is 0 Å². The Hall–Kier alpha value is -1.72. The third-order valence-corrected chi connectivity index (χ3v) is 2.44. The zero-order chi connectivity index (χ0) is 12.8. The van der Waals surface area contributed by atoms with Gasteiger partial charge in [-0.2, -0.15) is 5.10 Å². The summed E-state index contributed by atoms with van der Waals surface area (Å²) in [7, 11) is 1.86. The number of rotatable bonds is 6. The molecule has 0 aliphatic rings. The van der Waals surface area contributed by atoms with Gasteiger partial charge in [-0.25, -0.2) is 0 Å². The third kappa shape index (κ3) is 3.65. The van der Waals surface area contributed by atoms with Crippen molar-refractivity contribution in [2.45, 2.75) is 26.7 Å². The molecule has 0 radical (unpaired) electrons. The van der Waals surface area contributed by atoms with Crippen molar-refractivity contribution in [3.8, 4) is 0 Å². The topological polar surface area (TPSA) is 85.0 Å². The first-order valence-corrected chi connectivity index (χ1v) is 5.85. The molecule has 96 valence electrons. The standard InChI is InChI=1S/C11H21N5O/c1-4-5-9-10(12)11(16(3)15-9)14-7-6-13-8(2)17/h14H,4-7,12H2,1-3H3,(H,13,17). The SMILES string of the molecule is CCCc1nn(C)c(NCCNC(C)=O)c1N. The van der Waals surface area contributed by atoms with Crippen molar-refractivity contribution in [2.75, 3.05) is 24.1 Å². The highest BCUT2D eigenvalue weighted by Gasteiger charge is 2.11. The molecule has 0 aliphatic carbocycles. The summed E-state index contributed by atoms with van der Waals surface area (Å²) in [6.45, 7) is 4.80. The number of carbonyl (C=O) groups is 1. The van der Waals surface area contributed by atoms with Crippen LogP contribution in [0.2, 0.25) is 0 Å². The summed E-state index contributed by atoms with van der Waals surface area (Å²) in [5, 5.41) is 10.2. The molecule has 17 heavy (non-hydrogen) atoms. The molecule has 0 aromatic carbocycles. The van der Waals surface area contributed by atoms with Crippen LogP contribution in [0.15, 0.2) is 0 Å². The van der Waals surface area contributed by atoms with Gasteiger partial charge in [0.2, 0.25) is 5.91 Å². The molecule has 1 aromatic heterocycles. The van der Waals surface area contributed by atoms with Gasteiger partial charge in [0.05, 0.1) is 11.4 Å². The van der Waals surface area contributed by atoms with Crippen molar-refractivity contribution < 1.29 is 4.79 Å². The molecule has 6 heteroatoms. The minimum absolute atomic E-state index is 0.0311. The fourth-order valence-corrected chi connectivity index (χ4v) is 1.65. The summed E-state index contributed by atoms with van der Waals surface area (Å²) >= 11 is 0. The summed E-state index contributed by atoms with van der Waals surface area (Å²) in [4.78, 5) is 10.7. The van der Waals surface area contributed by atoms with Crippen molar-refractivity contribution in [1.29, 1.82) is 0 Å². The number of hydrogen-bond donors (Lipinski definition) is 3. The van der Waals surface area contributed by atoms with Crippen LogP contribution in [0.1, 0.15) is 26.0 Å². The molecule has 0 saturated heterocycles. The fraction of sp³-hybridized carbons (Fsp3) is 0.636. The van der Waals surface area contributed by atoms with Gasteiger partial charge in [-0.05, 0) is 6.42 Å². The Kier molecular flexibility index (Phi) is 4.81. The highest BCUT2D eigenvalue weighted by atomic mass is 16.1. The van der Waals surface area contributed by atoms with Crippen molar-refractivity contribution >= 4 is 17.4 Å². The van der Waals surface area contributed by atoms with Crippen LogP contribution in [0.4, 0.5) is 11.5 Å². The van der Waals surface area contributed by atoms with E-state index < -0.39 is 0 Å². The van der Waals surface area contributed by atoms with Gasteiger partial charge in [0.25, 0.3) is 0 Å². The molecule has 0 fully saturated rings. The number of anilines is 2. The maximum Gasteiger partial charge on any atom is 0.216 e. The van der Waals surface area contributed by atoms with E-state index in [2.05, 4.69) is 22.7 Å². The summed E-state index contributed by atoms with van der Waals surface area (Å²) in [6, 6.07) is 0. The second-order valence-corrected chi connectivity index (χ2v) is 3.99. The number of nitrogens with zero attached hydrogens (tertiary/aromatic N) is 2. The van der Waals surface area contributed by atoms with Gasteiger partial charge < -0.3 is 16.4 Å². The lowest BCUT2D eigenvalue weighted by Crippen LogP contribution is -2.26. The van der Waals surface area contributed by atoms with Crippen LogP contribution < -0.4 is 16.4 Å². The van der Waals surface area contributed by atoms with Crippen LogP contribution in [0, 0.1) is 0 Å². The molecule has 1 aromatic rings. The van der Waals surface area contributed by atoms with Crippen molar-refractivity contribution in [3.63, 3.8) is 0 Å². The number of nitrogens with one attached hydrogen (secondary N) is 2. The molecule has 0 aliphatic heterocycles. The van der Waals surface area contributed by atoms with Crippen LogP contribution in [0.25, 0.3) is 0 Å². The van der Waals surface area contributed by atoms with Crippen LogP contribution in [-0.2, 0) is 18.3 Å². The molecule has 6 nitrogen and oxygen atoms in total. The zero-order valence-corrected chi connectivity index (χ0v) is 10.7. The van der Waals surface area contributed by atoms with Crippen LogP contribution in [-0.4, -0.2) is 28.8 Å². The molecular formula is C11H21N5O. The first-order valence-electron chi connectivity index (χ1n) is 5.85. The monoisotopic (exact) mass is 239 g/mol. The second kappa shape index (κ2) is 6.12. The Balaban J connectivity index is 2.55. The minimum Gasteiger partial charge on any atom is -0.394 e. The molecule has 1 rings (SSSR count). The van der Waals surface area contributed by atoms with Gasteiger partial charge >= 0.3 is 0 Å². The Bertz CT molecular complexity index is 385. The lowest BCUT2D eigenvalue weighted by atomic mass is 10.2. The highest BCUT2D eigenvalue weighted by Crippen LogP contribution is 2.22. The summed E-state index contributed by atoms with van der Waals surface area (Å²) in [5.41, 5.74) is 7.63. The molecule has 0 saturated carbocycles. The minimum atomic E-state index is -0.0311. The summed E-state index contributed by atoms with van der Waals surface area (Å²) in [5.74, 6) is 0.787. The quantitative estimate of drug-likeness (QED) is 0.631. The normalized spacial score (nSPS) is 10.3. The highest BCUT2D eigenvalue weighted by molar-refractivity contribution is 5.72. The number of amides is 1. The van der Waals surface area contributed by atoms with E-state index in [0.29, 0.717) is 18.8 Å². The van der Waals surface area contributed by atoms with Gasteiger partial charge in [0.15, 0.2) is 0 Å². The summed E-state index contributed by atoms with van der Waals surface area (Å²) in [6.07, 6.45) is 1.90. The number of aromatic nitrogens is 2. The Morgan fingerprint density at radius 2 is 2.18 bits per heavy atom. The first-order chi connectivity index (χ1) is 8.06. The Morgan fingerprint density at radius 1 is 1.47 bits per heavy atom. The van der Waals surface area contributed by atoms with Crippen LogP contribution in [0.3, 0.4) is 0 Å². The van der Waals surface area contributed by atoms with E-state index in [9.17, 15) is 4.79 Å². The van der Waals surface area contributed by atoms with Gasteiger partial charge in [0, 0.05) is 27.1 Å². The van der Waals surface area contributed by atoms with Gasteiger partial charge in [-0.15, -0.1) is 0 Å². The molecule has 0 atom stereocenters. The van der Waals surface area contributed by atoms with Crippen molar-refractivity contribution in [2.24, 2.45) is 7.05 Å². The fourth-order valence-electron chi connectivity index (χ4n) is 1.65. The maximum atomic E-state index is 10.7. The predicted octanol–water partition coefficient (Wildman–Crippen LogP) is 0.503. The largest absolute Gasteiger partial charge is 0.394 e. The van der Waals surface area contributed by atoms with Gasteiger partial charge in [-0.1, -0.05) is 13.3 Å². The van der Waals surface area contributed by atoms with E-state index in [4.69, 9.17) is 5.73 Å². The zero-order valence-electron chi connectivity index (χ0n) is 10.7. The lowest BCUT2D eigenvalue weighted by Gasteiger charge is -2.07. The first kappa shape index (κ1) is 13.3. The van der Waals surface area contributed by atoms with Gasteiger partial charge in [0.1, 0.15) is 5.82 Å². The van der Waals surface area contributed by atoms with Gasteiger partial charge in [-0.3, -0.25) is 9.48 Å². The van der Waals surface area contributed by atoms with E-state index in [1.54, 1.807) is 4.68 Å². The van der Waals surface area contributed by atoms with Crippen LogP contribution >= 0.6 is 0 Å². The number of carbonyl (C=O) groups excluding carboxylic acids is 1. The van der Waals surface area contributed by atoms with E-state index in [1.807, 2.05) is 7.05 Å². The average molecular weight is 239 g/mol. The Morgan fingerprint density at radius 3 is 2.76 bits per heavy atom. The molecule has 1 heterocycles. The van der Waals surface area contributed by atoms with E-state index in [1.165, 1.54) is 6.92 Å². The number of nitrogens with two attached hydrogens (primary N) is 1. The lowest BCUT2D eigenvalue weighted by molar-refractivity contribution is -0.118. The molecule has 1 amide bonds. The van der Waals surface area contributed by atoms with Crippen molar-refractivity contribution in [3.05, 3.63) is 5.69 Å². The maximum absolute atomic E-state index is 10.7. The molecular weight excluding hydrogens is 218 g/mol. The number of hydrogen-bond acceptors (Lipinski definition) is 4. The predicted molar refractivity (Wildman–Crippen MR) is 68.8 cm³/mol.